The van der Waals surface area contributed by atoms with E-state index in [1.807, 2.05) is 48.6 Å². The molecule has 0 amide bonds. The summed E-state index contributed by atoms with van der Waals surface area (Å²) in [5.74, 6) is -0.930. The minimum Gasteiger partial charge on any atom is -0.477 e. The van der Waals surface area contributed by atoms with E-state index in [0.29, 0.717) is 0 Å². The summed E-state index contributed by atoms with van der Waals surface area (Å²) in [5, 5.41) is 10.1. The maximum absolute atomic E-state index is 11.0. The molecular weight excluding hydrogens is 264 g/mol. The zero-order valence-corrected chi connectivity index (χ0v) is 11.5. The molecule has 0 aliphatic rings. The third-order valence-electron chi connectivity index (χ3n) is 3.31. The van der Waals surface area contributed by atoms with Gasteiger partial charge in [-0.1, -0.05) is 30.3 Å². The van der Waals surface area contributed by atoms with Crippen molar-refractivity contribution in [1.82, 2.24) is 9.55 Å². The van der Waals surface area contributed by atoms with Crippen LogP contribution < -0.4 is 0 Å². The predicted octanol–water partition coefficient (Wildman–Crippen LogP) is 3.44. The second kappa shape index (κ2) is 5.25. The van der Waals surface area contributed by atoms with Gasteiger partial charge < -0.3 is 9.67 Å². The molecule has 0 aliphatic heterocycles. The number of rotatable bonds is 3. The summed E-state index contributed by atoms with van der Waals surface area (Å²) in [7, 11) is 1.72. The molecule has 0 saturated heterocycles. The van der Waals surface area contributed by atoms with Gasteiger partial charge in [-0.3, -0.25) is 0 Å². The van der Waals surface area contributed by atoms with Crippen molar-refractivity contribution in [3.63, 3.8) is 0 Å². The van der Waals surface area contributed by atoms with Crippen LogP contribution in [-0.2, 0) is 7.05 Å². The minimum absolute atomic E-state index is 0.265. The summed E-state index contributed by atoms with van der Waals surface area (Å²) in [4.78, 5) is 15.5. The van der Waals surface area contributed by atoms with Crippen LogP contribution in [0.4, 0.5) is 0 Å². The van der Waals surface area contributed by atoms with E-state index in [-0.39, 0.29) is 5.69 Å². The van der Waals surface area contributed by atoms with E-state index in [9.17, 15) is 4.79 Å². The van der Waals surface area contributed by atoms with Crippen LogP contribution in [0.1, 0.15) is 21.7 Å². The molecule has 1 aromatic carbocycles. The smallest absolute Gasteiger partial charge is 0.352 e. The molecule has 0 radical (unpaired) electrons. The molecule has 2 aromatic heterocycles. The molecule has 0 unspecified atom stereocenters. The number of aromatic carboxylic acids is 1. The predicted molar refractivity (Wildman–Crippen MR) is 83.0 cm³/mol. The first-order valence-electron chi connectivity index (χ1n) is 6.57. The van der Waals surface area contributed by atoms with Crippen molar-refractivity contribution in [1.29, 1.82) is 0 Å². The van der Waals surface area contributed by atoms with Gasteiger partial charge in [0.25, 0.3) is 0 Å². The Kier molecular flexibility index (Phi) is 3.28. The van der Waals surface area contributed by atoms with Gasteiger partial charge in [-0.2, -0.15) is 0 Å². The fraction of sp³-hybridized carbons (Fsp3) is 0.0588. The number of benzene rings is 1. The van der Waals surface area contributed by atoms with Gasteiger partial charge in [0.05, 0.1) is 11.2 Å². The summed E-state index contributed by atoms with van der Waals surface area (Å²) < 4.78 is 1.59. The molecule has 2 heterocycles. The number of aryl methyl sites for hydroxylation is 1. The maximum atomic E-state index is 11.0. The Balaban J connectivity index is 1.90. The highest BCUT2D eigenvalue weighted by Gasteiger charge is 2.08. The molecule has 4 nitrogen and oxygen atoms in total. The van der Waals surface area contributed by atoms with Crippen molar-refractivity contribution in [3.8, 4) is 0 Å². The van der Waals surface area contributed by atoms with Gasteiger partial charge in [-0.25, -0.2) is 9.78 Å². The van der Waals surface area contributed by atoms with Crippen molar-refractivity contribution in [2.45, 2.75) is 0 Å². The van der Waals surface area contributed by atoms with Crippen molar-refractivity contribution >= 4 is 29.0 Å². The van der Waals surface area contributed by atoms with E-state index in [0.717, 1.165) is 22.2 Å². The van der Waals surface area contributed by atoms with Gasteiger partial charge in [0, 0.05) is 18.6 Å². The average molecular weight is 278 g/mol. The number of carbonyl (C=O) groups is 1. The minimum atomic E-state index is -0.930. The van der Waals surface area contributed by atoms with E-state index >= 15 is 0 Å². The number of hydrogen-bond acceptors (Lipinski definition) is 2. The van der Waals surface area contributed by atoms with Crippen LogP contribution in [0, 0.1) is 0 Å². The normalized spacial score (nSPS) is 11.3. The Morgan fingerprint density at radius 2 is 2.00 bits per heavy atom. The molecule has 0 atom stereocenters. The molecule has 21 heavy (non-hydrogen) atoms. The van der Waals surface area contributed by atoms with E-state index in [1.54, 1.807) is 23.9 Å². The van der Waals surface area contributed by atoms with Gasteiger partial charge in [-0.15, -0.1) is 0 Å². The zero-order chi connectivity index (χ0) is 14.8. The summed E-state index contributed by atoms with van der Waals surface area (Å²) in [6, 6.07) is 13.5. The quantitative estimate of drug-likeness (QED) is 0.798. The van der Waals surface area contributed by atoms with Crippen LogP contribution in [0.15, 0.2) is 48.7 Å². The van der Waals surface area contributed by atoms with E-state index in [1.165, 1.54) is 0 Å². The summed E-state index contributed by atoms with van der Waals surface area (Å²) in [5.41, 5.74) is 2.89. The lowest BCUT2D eigenvalue weighted by molar-refractivity contribution is 0.0686. The highest BCUT2D eigenvalue weighted by molar-refractivity contribution is 5.87. The lowest BCUT2D eigenvalue weighted by atomic mass is 10.2. The first-order valence-corrected chi connectivity index (χ1v) is 6.57. The summed E-state index contributed by atoms with van der Waals surface area (Å²) in [6.45, 7) is 0. The van der Waals surface area contributed by atoms with Gasteiger partial charge >= 0.3 is 5.97 Å². The zero-order valence-electron chi connectivity index (χ0n) is 11.5. The van der Waals surface area contributed by atoms with Crippen LogP contribution in [0.5, 0.6) is 0 Å². The van der Waals surface area contributed by atoms with Crippen molar-refractivity contribution < 1.29 is 9.90 Å². The van der Waals surface area contributed by atoms with Crippen LogP contribution in [0.25, 0.3) is 23.1 Å². The standard InChI is InChI=1S/C17H14N2O2/c1-19-11-12(10-16(19)17(20)21)6-8-14-9-7-13-4-2-3-5-15(13)18-14/h2-11H,1H3,(H,20,21)/b8-6+. The molecule has 0 spiro atoms. The summed E-state index contributed by atoms with van der Waals surface area (Å²) >= 11 is 0. The van der Waals surface area contributed by atoms with Crippen molar-refractivity contribution in [3.05, 3.63) is 65.6 Å². The number of nitrogens with zero attached hydrogens (tertiary/aromatic N) is 2. The Bertz CT molecular complexity index is 847. The third-order valence-corrected chi connectivity index (χ3v) is 3.31. The lowest BCUT2D eigenvalue weighted by Crippen LogP contribution is -2.02. The third kappa shape index (κ3) is 2.69. The molecule has 0 saturated carbocycles. The van der Waals surface area contributed by atoms with Gasteiger partial charge in [0.15, 0.2) is 0 Å². The van der Waals surface area contributed by atoms with Crippen LogP contribution in [-0.4, -0.2) is 20.6 Å². The first kappa shape index (κ1) is 13.1. The van der Waals surface area contributed by atoms with Crippen LogP contribution in [0.3, 0.4) is 0 Å². The summed E-state index contributed by atoms with van der Waals surface area (Å²) in [6.07, 6.45) is 5.53. The molecule has 4 heteroatoms. The Morgan fingerprint density at radius 1 is 1.19 bits per heavy atom. The number of para-hydroxylation sites is 1. The van der Waals surface area contributed by atoms with Crippen molar-refractivity contribution in [2.75, 3.05) is 0 Å². The maximum Gasteiger partial charge on any atom is 0.352 e. The SMILES string of the molecule is Cn1cc(/C=C/c2ccc3ccccc3n2)cc1C(=O)O. The van der Waals surface area contributed by atoms with Gasteiger partial charge in [0.1, 0.15) is 5.69 Å². The molecule has 0 fully saturated rings. The lowest BCUT2D eigenvalue weighted by Gasteiger charge is -1.97. The molecule has 104 valence electrons. The number of aromatic nitrogens is 2. The molecule has 3 rings (SSSR count). The first-order chi connectivity index (χ1) is 10.1. The molecule has 1 N–H and O–H groups in total. The second-order valence-electron chi connectivity index (χ2n) is 4.84. The Morgan fingerprint density at radius 3 is 2.76 bits per heavy atom. The monoisotopic (exact) mass is 278 g/mol. The van der Waals surface area contributed by atoms with Crippen LogP contribution >= 0.6 is 0 Å². The van der Waals surface area contributed by atoms with Gasteiger partial charge in [0.2, 0.25) is 0 Å². The van der Waals surface area contributed by atoms with Gasteiger partial charge in [-0.05, 0) is 29.8 Å². The highest BCUT2D eigenvalue weighted by atomic mass is 16.4. The average Bonchev–Trinajstić information content (AvgIpc) is 2.86. The number of hydrogen-bond donors (Lipinski definition) is 1. The molecule has 0 bridgehead atoms. The van der Waals surface area contributed by atoms with E-state index < -0.39 is 5.97 Å². The molecular formula is C17H14N2O2. The van der Waals surface area contributed by atoms with Crippen molar-refractivity contribution in [2.24, 2.45) is 7.05 Å². The topological polar surface area (TPSA) is 55.1 Å². The fourth-order valence-electron chi connectivity index (χ4n) is 2.25. The number of carboxylic acids is 1. The highest BCUT2D eigenvalue weighted by Crippen LogP contribution is 2.15. The van der Waals surface area contributed by atoms with E-state index in [2.05, 4.69) is 4.98 Å². The largest absolute Gasteiger partial charge is 0.477 e. The number of fused-ring (bicyclic) bond motifs is 1. The number of pyridine rings is 1. The van der Waals surface area contributed by atoms with E-state index in [4.69, 9.17) is 5.11 Å². The fourth-order valence-corrected chi connectivity index (χ4v) is 2.25. The van der Waals surface area contributed by atoms with Crippen LogP contribution in [0.2, 0.25) is 0 Å². The second-order valence-corrected chi connectivity index (χ2v) is 4.84. The Labute approximate surface area is 122 Å². The molecule has 0 aliphatic carbocycles. The molecule has 3 aromatic rings. The number of carboxylic acid groups (broad SMARTS) is 1. The Hall–Kier alpha value is -2.88.